The molecule has 2 rings (SSSR count). The van der Waals surface area contributed by atoms with Gasteiger partial charge in [0.2, 0.25) is 15.9 Å². The third-order valence-electron chi connectivity index (χ3n) is 4.25. The van der Waals surface area contributed by atoms with E-state index in [4.69, 9.17) is 4.74 Å². The zero-order chi connectivity index (χ0) is 19.3. The molecule has 1 fully saturated rings. The van der Waals surface area contributed by atoms with Gasteiger partial charge in [0.15, 0.2) is 4.90 Å². The maximum Gasteiger partial charge on any atom is 0.325 e. The molecule has 26 heavy (non-hydrogen) atoms. The lowest BCUT2D eigenvalue weighted by Gasteiger charge is -2.31. The highest BCUT2D eigenvalue weighted by molar-refractivity contribution is 7.89. The summed E-state index contributed by atoms with van der Waals surface area (Å²) >= 11 is 0. The van der Waals surface area contributed by atoms with Crippen molar-refractivity contribution >= 4 is 15.9 Å². The van der Waals surface area contributed by atoms with Gasteiger partial charge in [-0.15, -0.1) is 0 Å². The van der Waals surface area contributed by atoms with E-state index in [1.54, 1.807) is 7.11 Å². The molecule has 1 aromatic heterocycles. The highest BCUT2D eigenvalue weighted by Crippen LogP contribution is 2.23. The van der Waals surface area contributed by atoms with Gasteiger partial charge in [-0.3, -0.25) is 14.6 Å². The molecule has 146 valence electrons. The Bertz CT molecular complexity index is 860. The topological polar surface area (TPSA) is 141 Å². The number of aromatic amines is 2. The molecule has 3 N–H and O–H groups in total. The van der Waals surface area contributed by atoms with Crippen LogP contribution in [-0.4, -0.2) is 61.9 Å². The van der Waals surface area contributed by atoms with E-state index >= 15 is 0 Å². The number of hydrogen-bond donors (Lipinski definition) is 3. The first-order chi connectivity index (χ1) is 12.3. The number of nitrogens with zero attached hydrogens (tertiary/aromatic N) is 1. The van der Waals surface area contributed by atoms with Crippen molar-refractivity contribution in [1.82, 2.24) is 19.6 Å². The molecule has 0 aromatic carbocycles. The maximum absolute atomic E-state index is 12.8. The Kier molecular flexibility index (Phi) is 6.73. The van der Waals surface area contributed by atoms with Crippen molar-refractivity contribution in [2.45, 2.75) is 31.1 Å². The van der Waals surface area contributed by atoms with Crippen LogP contribution in [0.3, 0.4) is 0 Å². The van der Waals surface area contributed by atoms with Gasteiger partial charge in [0.05, 0.1) is 5.92 Å². The highest BCUT2D eigenvalue weighted by atomic mass is 32.2. The Morgan fingerprint density at radius 3 is 2.73 bits per heavy atom. The van der Waals surface area contributed by atoms with Crippen molar-refractivity contribution in [2.75, 3.05) is 33.4 Å². The molecule has 0 radical (unpaired) electrons. The third kappa shape index (κ3) is 4.59. The van der Waals surface area contributed by atoms with Crippen LogP contribution >= 0.6 is 0 Å². The fraction of sp³-hybridized carbons (Fsp3) is 0.667. The van der Waals surface area contributed by atoms with Crippen LogP contribution in [0.1, 0.15) is 25.0 Å². The van der Waals surface area contributed by atoms with Gasteiger partial charge in [0, 0.05) is 39.0 Å². The Balaban J connectivity index is 2.15. The molecular weight excluding hydrogens is 364 g/mol. The number of methoxy groups -OCH3 is 1. The average Bonchev–Trinajstić information content (AvgIpc) is 2.57. The van der Waals surface area contributed by atoms with Crippen molar-refractivity contribution in [1.29, 1.82) is 0 Å². The first-order valence-electron chi connectivity index (χ1n) is 8.37. The van der Waals surface area contributed by atoms with Gasteiger partial charge in [-0.05, 0) is 26.2 Å². The zero-order valence-electron chi connectivity index (χ0n) is 14.8. The summed E-state index contributed by atoms with van der Waals surface area (Å²) in [6, 6.07) is 0. The molecule has 1 atom stereocenters. The normalized spacial score (nSPS) is 18.6. The fourth-order valence-corrected chi connectivity index (χ4v) is 4.70. The molecule has 2 heterocycles. The lowest BCUT2D eigenvalue weighted by molar-refractivity contribution is -0.126. The van der Waals surface area contributed by atoms with Gasteiger partial charge in [-0.1, -0.05) is 0 Å². The van der Waals surface area contributed by atoms with Crippen LogP contribution in [-0.2, 0) is 19.6 Å². The number of sulfonamides is 1. The Hall–Kier alpha value is -1.98. The van der Waals surface area contributed by atoms with Crippen molar-refractivity contribution in [3.05, 3.63) is 26.5 Å². The fourth-order valence-electron chi connectivity index (χ4n) is 2.98. The van der Waals surface area contributed by atoms with E-state index in [1.165, 1.54) is 6.92 Å². The highest BCUT2D eigenvalue weighted by Gasteiger charge is 2.35. The lowest BCUT2D eigenvalue weighted by Crippen LogP contribution is -2.47. The van der Waals surface area contributed by atoms with Gasteiger partial charge in [0.1, 0.15) is 0 Å². The molecule has 0 bridgehead atoms. The number of rotatable bonds is 7. The van der Waals surface area contributed by atoms with E-state index in [1.807, 2.05) is 4.98 Å². The number of aromatic nitrogens is 2. The second kappa shape index (κ2) is 8.60. The number of nitrogens with one attached hydrogen (secondary N) is 3. The molecule has 1 saturated heterocycles. The molecule has 1 aliphatic rings. The number of piperidine rings is 1. The summed E-state index contributed by atoms with van der Waals surface area (Å²) in [5.41, 5.74) is -1.75. The minimum atomic E-state index is -4.12. The van der Waals surface area contributed by atoms with Crippen molar-refractivity contribution < 1.29 is 17.9 Å². The number of carbonyl (C=O) groups is 1. The standard InChI is InChI=1S/C15H24N4O6S/c1-10-12(14(21)18-15(22)17-10)26(23,24)19-7-3-5-11(9-19)13(20)16-6-4-8-25-2/h11H,3-9H2,1-2H3,(H,16,20)(H2,17,18,21,22)/t11-/m1/s1. The Morgan fingerprint density at radius 1 is 1.35 bits per heavy atom. The minimum absolute atomic E-state index is 0.00352. The van der Waals surface area contributed by atoms with Gasteiger partial charge in [-0.25, -0.2) is 13.2 Å². The van der Waals surface area contributed by atoms with E-state index in [-0.39, 0.29) is 24.7 Å². The van der Waals surface area contributed by atoms with Crippen LogP contribution in [0.15, 0.2) is 14.5 Å². The van der Waals surface area contributed by atoms with E-state index in [9.17, 15) is 22.8 Å². The van der Waals surface area contributed by atoms with E-state index in [0.717, 1.165) is 4.31 Å². The van der Waals surface area contributed by atoms with E-state index in [2.05, 4.69) is 10.3 Å². The summed E-state index contributed by atoms with van der Waals surface area (Å²) in [5.74, 6) is -0.698. The van der Waals surface area contributed by atoms with Crippen LogP contribution in [0.5, 0.6) is 0 Å². The largest absolute Gasteiger partial charge is 0.385 e. The van der Waals surface area contributed by atoms with Gasteiger partial charge in [-0.2, -0.15) is 4.31 Å². The molecule has 0 aliphatic carbocycles. The molecule has 1 aromatic rings. The predicted molar refractivity (Wildman–Crippen MR) is 93.4 cm³/mol. The predicted octanol–water partition coefficient (Wildman–Crippen LogP) is -1.07. The summed E-state index contributed by atoms with van der Waals surface area (Å²) in [4.78, 5) is 39.3. The molecule has 0 saturated carbocycles. The molecule has 10 nitrogen and oxygen atoms in total. The van der Waals surface area contributed by atoms with Crippen LogP contribution in [0.4, 0.5) is 0 Å². The Morgan fingerprint density at radius 2 is 2.08 bits per heavy atom. The quantitative estimate of drug-likeness (QED) is 0.508. The summed E-state index contributed by atoms with van der Waals surface area (Å²) in [6.45, 7) is 2.55. The summed E-state index contributed by atoms with van der Waals surface area (Å²) in [5, 5.41) is 2.77. The maximum atomic E-state index is 12.8. The molecule has 0 unspecified atom stereocenters. The van der Waals surface area contributed by atoms with Crippen LogP contribution in [0.2, 0.25) is 0 Å². The summed E-state index contributed by atoms with van der Waals surface area (Å²) < 4.78 is 31.7. The second-order valence-electron chi connectivity index (χ2n) is 6.20. The number of H-pyrrole nitrogens is 2. The number of carbonyl (C=O) groups excluding carboxylic acids is 1. The number of hydrogen-bond acceptors (Lipinski definition) is 6. The van der Waals surface area contributed by atoms with Crippen molar-refractivity contribution in [3.8, 4) is 0 Å². The van der Waals surface area contributed by atoms with Gasteiger partial charge in [0.25, 0.3) is 5.56 Å². The van der Waals surface area contributed by atoms with Crippen molar-refractivity contribution in [3.63, 3.8) is 0 Å². The Labute approximate surface area is 151 Å². The van der Waals surface area contributed by atoms with E-state index < -0.39 is 32.1 Å². The smallest absolute Gasteiger partial charge is 0.325 e. The first-order valence-corrected chi connectivity index (χ1v) is 9.81. The minimum Gasteiger partial charge on any atom is -0.385 e. The van der Waals surface area contributed by atoms with Crippen molar-refractivity contribution in [2.24, 2.45) is 5.92 Å². The molecule has 0 spiro atoms. The van der Waals surface area contributed by atoms with Crippen LogP contribution < -0.4 is 16.6 Å². The number of amides is 1. The molecule has 1 aliphatic heterocycles. The lowest BCUT2D eigenvalue weighted by atomic mass is 9.99. The van der Waals surface area contributed by atoms with Crippen LogP contribution in [0, 0.1) is 12.8 Å². The third-order valence-corrected chi connectivity index (χ3v) is 6.27. The number of ether oxygens (including phenoxy) is 1. The zero-order valence-corrected chi connectivity index (χ0v) is 15.6. The molecular formula is C15H24N4O6S. The second-order valence-corrected chi connectivity index (χ2v) is 8.08. The molecule has 1 amide bonds. The summed E-state index contributed by atoms with van der Waals surface area (Å²) in [7, 11) is -2.54. The number of aryl methyl sites for hydroxylation is 1. The first kappa shape index (κ1) is 20.3. The summed E-state index contributed by atoms with van der Waals surface area (Å²) in [6.07, 6.45) is 1.75. The SMILES string of the molecule is COCCCNC(=O)[C@@H]1CCCN(S(=O)(=O)c2c(C)[nH]c(=O)[nH]c2=O)C1. The van der Waals surface area contributed by atoms with Crippen LogP contribution in [0.25, 0.3) is 0 Å². The van der Waals surface area contributed by atoms with Gasteiger partial charge < -0.3 is 15.0 Å². The monoisotopic (exact) mass is 388 g/mol. The van der Waals surface area contributed by atoms with E-state index in [0.29, 0.717) is 32.4 Å². The van der Waals surface area contributed by atoms with Gasteiger partial charge >= 0.3 is 5.69 Å². The average molecular weight is 388 g/mol. The molecule has 11 heteroatoms.